The number of fused-ring (bicyclic) bond motifs is 1. The predicted molar refractivity (Wildman–Crippen MR) is 130 cm³/mol. The number of unbranched alkanes of at least 4 members (excludes halogenated alkanes) is 2. The van der Waals surface area contributed by atoms with Gasteiger partial charge in [-0.1, -0.05) is 66.2 Å². The fraction of sp³-hybridized carbons (Fsp3) is 0.727. The Morgan fingerprint density at radius 1 is 0.759 bits per heavy atom. The van der Waals surface area contributed by atoms with Crippen molar-refractivity contribution in [2.45, 2.75) is 79.1 Å². The molecular weight excluding hydrogens is 516 g/mol. The molecule has 0 N–H and O–H groups in total. The molecule has 1 aromatic carbocycles. The van der Waals surface area contributed by atoms with E-state index in [1.54, 1.807) is 0 Å². The molecule has 0 aliphatic carbocycles. The van der Waals surface area contributed by atoms with Crippen molar-refractivity contribution in [1.29, 1.82) is 0 Å². The monoisotopic (exact) mass is 548 g/mol. The lowest BCUT2D eigenvalue weighted by Crippen LogP contribution is -2.15. The Labute approximate surface area is 196 Å². The van der Waals surface area contributed by atoms with Crippen molar-refractivity contribution in [3.63, 3.8) is 0 Å². The maximum Gasteiger partial charge on any atom is 0.178 e. The highest BCUT2D eigenvalue weighted by Gasteiger charge is 2.24. The van der Waals surface area contributed by atoms with Crippen LogP contribution >= 0.6 is 43.6 Å². The third kappa shape index (κ3) is 6.79. The van der Waals surface area contributed by atoms with Crippen molar-refractivity contribution in [1.82, 2.24) is 8.75 Å². The second-order valence-electron chi connectivity index (χ2n) is 7.70. The molecule has 0 radical (unpaired) electrons. The molecule has 164 valence electrons. The molecule has 0 saturated heterocycles. The molecular formula is C22H34Br2N2O2S. The van der Waals surface area contributed by atoms with Crippen molar-refractivity contribution in [3.05, 3.63) is 8.95 Å². The van der Waals surface area contributed by atoms with Crippen LogP contribution in [0.3, 0.4) is 0 Å². The molecule has 2 atom stereocenters. The van der Waals surface area contributed by atoms with Crippen LogP contribution in [0.5, 0.6) is 11.5 Å². The van der Waals surface area contributed by atoms with Crippen LogP contribution in [0, 0.1) is 11.8 Å². The average Bonchev–Trinajstić information content (AvgIpc) is 3.23. The van der Waals surface area contributed by atoms with Crippen LogP contribution in [0.15, 0.2) is 8.95 Å². The summed E-state index contributed by atoms with van der Waals surface area (Å²) in [4.78, 5) is 0. The Hall–Kier alpha value is -0.400. The lowest BCUT2D eigenvalue weighted by Gasteiger charge is -2.21. The molecule has 0 fully saturated rings. The fourth-order valence-corrected chi connectivity index (χ4v) is 5.28. The van der Waals surface area contributed by atoms with Gasteiger partial charge in [0.2, 0.25) is 0 Å². The first-order chi connectivity index (χ1) is 14.1. The standard InChI is InChI=1S/C22H34Br2N2O2S/c1-5-9-11-15(7-3)13-27-21-17(23)19-20(26-29-25-19)18(24)22(21)28-14-16(8-4)12-10-6-2/h15-16H,5-14H2,1-4H3. The van der Waals surface area contributed by atoms with E-state index in [0.29, 0.717) is 25.0 Å². The molecule has 0 saturated carbocycles. The minimum absolute atomic E-state index is 0.547. The predicted octanol–water partition coefficient (Wildman–Crippen LogP) is 8.41. The van der Waals surface area contributed by atoms with Crippen LogP contribution in [0.25, 0.3) is 11.0 Å². The smallest absolute Gasteiger partial charge is 0.178 e. The van der Waals surface area contributed by atoms with Gasteiger partial charge in [-0.15, -0.1) is 0 Å². The molecule has 29 heavy (non-hydrogen) atoms. The van der Waals surface area contributed by atoms with Crippen molar-refractivity contribution in [2.24, 2.45) is 11.8 Å². The Morgan fingerprint density at radius 3 is 1.52 bits per heavy atom. The largest absolute Gasteiger partial charge is 0.488 e. The molecule has 2 aromatic rings. The van der Waals surface area contributed by atoms with E-state index in [1.807, 2.05) is 0 Å². The zero-order valence-electron chi connectivity index (χ0n) is 18.1. The molecule has 0 amide bonds. The summed E-state index contributed by atoms with van der Waals surface area (Å²) in [7, 11) is 0. The van der Waals surface area contributed by atoms with E-state index in [2.05, 4.69) is 68.3 Å². The Kier molecular flexibility index (Phi) is 11.2. The van der Waals surface area contributed by atoms with Gasteiger partial charge in [-0.05, 0) is 56.5 Å². The van der Waals surface area contributed by atoms with Gasteiger partial charge in [0.05, 0.1) is 33.9 Å². The van der Waals surface area contributed by atoms with E-state index in [4.69, 9.17) is 9.47 Å². The van der Waals surface area contributed by atoms with Gasteiger partial charge in [-0.2, -0.15) is 8.75 Å². The van der Waals surface area contributed by atoms with Crippen LogP contribution < -0.4 is 9.47 Å². The Balaban J connectivity index is 2.26. The summed E-state index contributed by atoms with van der Waals surface area (Å²) in [5.41, 5.74) is 1.65. The Morgan fingerprint density at radius 2 is 1.17 bits per heavy atom. The van der Waals surface area contributed by atoms with E-state index in [9.17, 15) is 0 Å². The third-order valence-corrected chi connectivity index (χ3v) is 7.52. The van der Waals surface area contributed by atoms with Crippen molar-refractivity contribution in [2.75, 3.05) is 13.2 Å². The van der Waals surface area contributed by atoms with Crippen LogP contribution in [0.2, 0.25) is 0 Å². The Bertz CT molecular complexity index is 694. The first-order valence-corrected chi connectivity index (χ1v) is 13.3. The van der Waals surface area contributed by atoms with Gasteiger partial charge in [-0.3, -0.25) is 0 Å². The molecule has 0 aliphatic heterocycles. The van der Waals surface area contributed by atoms with Gasteiger partial charge < -0.3 is 9.47 Å². The molecule has 4 nitrogen and oxygen atoms in total. The molecule has 0 spiro atoms. The maximum absolute atomic E-state index is 6.36. The number of hydrogen-bond acceptors (Lipinski definition) is 5. The quantitative estimate of drug-likeness (QED) is 0.237. The molecule has 0 aliphatic rings. The minimum atomic E-state index is 0.547. The summed E-state index contributed by atoms with van der Waals surface area (Å²) >= 11 is 8.64. The average molecular weight is 550 g/mol. The van der Waals surface area contributed by atoms with E-state index in [1.165, 1.54) is 50.3 Å². The summed E-state index contributed by atoms with van der Waals surface area (Å²) in [6.07, 6.45) is 9.52. The highest BCUT2D eigenvalue weighted by atomic mass is 79.9. The zero-order valence-corrected chi connectivity index (χ0v) is 22.1. The molecule has 2 unspecified atom stereocenters. The van der Waals surface area contributed by atoms with Gasteiger partial charge in [0.15, 0.2) is 11.5 Å². The topological polar surface area (TPSA) is 44.2 Å². The first kappa shape index (κ1) is 24.9. The van der Waals surface area contributed by atoms with Crippen molar-refractivity contribution < 1.29 is 9.47 Å². The van der Waals surface area contributed by atoms with Crippen molar-refractivity contribution in [3.8, 4) is 11.5 Å². The molecule has 1 aromatic heterocycles. The number of aromatic nitrogens is 2. The van der Waals surface area contributed by atoms with Gasteiger partial charge in [0, 0.05) is 0 Å². The van der Waals surface area contributed by atoms with Crippen LogP contribution in [-0.2, 0) is 0 Å². The van der Waals surface area contributed by atoms with E-state index >= 15 is 0 Å². The summed E-state index contributed by atoms with van der Waals surface area (Å²) in [6, 6.07) is 0. The summed E-state index contributed by atoms with van der Waals surface area (Å²) in [5.74, 6) is 2.59. The van der Waals surface area contributed by atoms with Gasteiger partial charge in [0.25, 0.3) is 0 Å². The van der Waals surface area contributed by atoms with E-state index in [0.717, 1.165) is 44.3 Å². The second-order valence-corrected chi connectivity index (χ2v) is 9.82. The number of nitrogens with zero attached hydrogens (tertiary/aromatic N) is 2. The highest BCUT2D eigenvalue weighted by Crippen LogP contribution is 2.47. The number of rotatable bonds is 14. The molecule has 7 heteroatoms. The minimum Gasteiger partial charge on any atom is -0.488 e. The SMILES string of the molecule is CCCCC(CC)COc1c(OCC(CC)CCCC)c(Br)c2nsnc2c1Br. The van der Waals surface area contributed by atoms with E-state index < -0.39 is 0 Å². The molecule has 2 rings (SSSR count). The number of benzene rings is 1. The first-order valence-electron chi connectivity index (χ1n) is 11.0. The second kappa shape index (κ2) is 13.1. The van der Waals surface area contributed by atoms with Crippen LogP contribution in [0.4, 0.5) is 0 Å². The van der Waals surface area contributed by atoms with Crippen molar-refractivity contribution >= 4 is 54.6 Å². The van der Waals surface area contributed by atoms with Crippen LogP contribution in [0.1, 0.15) is 79.1 Å². The lowest BCUT2D eigenvalue weighted by atomic mass is 10.0. The summed E-state index contributed by atoms with van der Waals surface area (Å²) < 4.78 is 23.3. The van der Waals surface area contributed by atoms with E-state index in [-0.39, 0.29) is 0 Å². The van der Waals surface area contributed by atoms with Crippen LogP contribution in [-0.4, -0.2) is 22.0 Å². The summed E-state index contributed by atoms with van der Waals surface area (Å²) in [6.45, 7) is 10.3. The lowest BCUT2D eigenvalue weighted by molar-refractivity contribution is 0.198. The maximum atomic E-state index is 6.36. The van der Waals surface area contributed by atoms with Gasteiger partial charge in [0.1, 0.15) is 11.0 Å². The molecule has 0 bridgehead atoms. The fourth-order valence-electron chi connectivity index (χ4n) is 3.35. The highest BCUT2D eigenvalue weighted by molar-refractivity contribution is 9.11. The number of halogens is 2. The summed E-state index contributed by atoms with van der Waals surface area (Å²) in [5, 5.41) is 0. The number of hydrogen-bond donors (Lipinski definition) is 0. The molecule has 1 heterocycles. The van der Waals surface area contributed by atoms with Gasteiger partial charge in [-0.25, -0.2) is 0 Å². The van der Waals surface area contributed by atoms with Gasteiger partial charge >= 0.3 is 0 Å². The normalized spacial score (nSPS) is 13.6. The zero-order chi connectivity index (χ0) is 21.2. The third-order valence-electron chi connectivity index (χ3n) is 5.52. The number of ether oxygens (including phenoxy) is 2.